The van der Waals surface area contributed by atoms with E-state index in [0.717, 1.165) is 11.3 Å². The van der Waals surface area contributed by atoms with Gasteiger partial charge in [0.2, 0.25) is 0 Å². The number of amides is 1. The average Bonchev–Trinajstić information content (AvgIpc) is 3.28. The average molecular weight is 480 g/mol. The van der Waals surface area contributed by atoms with Gasteiger partial charge in [0, 0.05) is 16.3 Å². The summed E-state index contributed by atoms with van der Waals surface area (Å²) in [6, 6.07) is 13.4. The number of para-hydroxylation sites is 1. The van der Waals surface area contributed by atoms with Gasteiger partial charge in [-0.2, -0.15) is 0 Å². The van der Waals surface area contributed by atoms with Gasteiger partial charge >= 0.3 is 5.97 Å². The molecule has 0 spiro atoms. The molecular formula is C24H18ClN3O4S. The lowest BCUT2D eigenvalue weighted by atomic mass is 9.96. The molecule has 0 aliphatic carbocycles. The second-order valence-electron chi connectivity index (χ2n) is 7.55. The first kappa shape index (κ1) is 21.4. The maximum Gasteiger partial charge on any atom is 0.338 e. The van der Waals surface area contributed by atoms with E-state index >= 15 is 0 Å². The number of nitrogens with one attached hydrogen (secondary N) is 1. The Balaban J connectivity index is 1.82. The van der Waals surface area contributed by atoms with E-state index in [2.05, 4.69) is 10.3 Å². The van der Waals surface area contributed by atoms with Gasteiger partial charge in [-0.05, 0) is 37.6 Å². The topological polar surface area (TPSA) is 89.8 Å². The zero-order valence-electron chi connectivity index (χ0n) is 17.7. The summed E-state index contributed by atoms with van der Waals surface area (Å²) in [5, 5.41) is 3.34. The molecule has 1 N–H and O–H groups in total. The number of allylic oxidation sites excluding steroid dienone is 1. The van der Waals surface area contributed by atoms with Crippen molar-refractivity contribution in [1.29, 1.82) is 0 Å². The molecule has 5 rings (SSSR count). The van der Waals surface area contributed by atoms with E-state index in [-0.39, 0.29) is 22.6 Å². The number of rotatable bonds is 3. The van der Waals surface area contributed by atoms with E-state index in [9.17, 15) is 14.4 Å². The molecule has 1 atom stereocenters. The number of hydrogen-bond donors (Lipinski definition) is 1. The van der Waals surface area contributed by atoms with Crippen LogP contribution in [0.2, 0.25) is 5.02 Å². The zero-order valence-corrected chi connectivity index (χ0v) is 19.3. The van der Waals surface area contributed by atoms with Crippen molar-refractivity contribution in [3.05, 3.63) is 95.6 Å². The fourth-order valence-corrected chi connectivity index (χ4v) is 5.41. The minimum Gasteiger partial charge on any atom is -0.463 e. The van der Waals surface area contributed by atoms with Crippen LogP contribution in [0.25, 0.3) is 5.57 Å². The minimum atomic E-state index is -0.758. The molecule has 2 aliphatic heterocycles. The van der Waals surface area contributed by atoms with E-state index in [0.29, 0.717) is 37.9 Å². The van der Waals surface area contributed by atoms with Gasteiger partial charge in [-0.25, -0.2) is 9.79 Å². The smallest absolute Gasteiger partial charge is 0.338 e. The van der Waals surface area contributed by atoms with E-state index in [4.69, 9.17) is 16.3 Å². The number of aromatic nitrogens is 1. The maximum atomic E-state index is 13.8. The van der Waals surface area contributed by atoms with Crippen molar-refractivity contribution in [1.82, 2.24) is 4.57 Å². The van der Waals surface area contributed by atoms with Crippen molar-refractivity contribution in [3.8, 4) is 0 Å². The van der Waals surface area contributed by atoms with E-state index in [1.54, 1.807) is 50.2 Å². The van der Waals surface area contributed by atoms with Gasteiger partial charge < -0.3 is 10.1 Å². The largest absolute Gasteiger partial charge is 0.463 e. The summed E-state index contributed by atoms with van der Waals surface area (Å²) in [5.41, 5.74) is 2.66. The van der Waals surface area contributed by atoms with Crippen LogP contribution < -0.4 is 20.2 Å². The van der Waals surface area contributed by atoms with E-state index in [1.165, 1.54) is 4.57 Å². The maximum absolute atomic E-state index is 13.8. The number of fused-ring (bicyclic) bond motifs is 2. The summed E-state index contributed by atoms with van der Waals surface area (Å²) in [6.07, 6.45) is 0. The lowest BCUT2D eigenvalue weighted by Gasteiger charge is -2.24. The van der Waals surface area contributed by atoms with Crippen LogP contribution in [0.1, 0.15) is 31.0 Å². The first-order valence-electron chi connectivity index (χ1n) is 10.3. The highest BCUT2D eigenvalue weighted by atomic mass is 35.5. The summed E-state index contributed by atoms with van der Waals surface area (Å²) in [5.74, 6) is -0.883. The molecule has 0 bridgehead atoms. The quantitative estimate of drug-likeness (QED) is 0.585. The Morgan fingerprint density at radius 2 is 1.91 bits per heavy atom. The van der Waals surface area contributed by atoms with Gasteiger partial charge in [0.25, 0.3) is 11.5 Å². The number of anilines is 1. The summed E-state index contributed by atoms with van der Waals surface area (Å²) >= 11 is 7.21. The number of hydrogen-bond acceptors (Lipinski definition) is 6. The van der Waals surface area contributed by atoms with Crippen LogP contribution in [0.5, 0.6) is 0 Å². The van der Waals surface area contributed by atoms with Crippen LogP contribution in [-0.4, -0.2) is 23.1 Å². The lowest BCUT2D eigenvalue weighted by molar-refractivity contribution is -0.139. The van der Waals surface area contributed by atoms with Gasteiger partial charge in [-0.15, -0.1) is 0 Å². The molecule has 1 aromatic heterocycles. The summed E-state index contributed by atoms with van der Waals surface area (Å²) in [4.78, 5) is 44.4. The van der Waals surface area contributed by atoms with Crippen LogP contribution in [-0.2, 0) is 14.3 Å². The highest BCUT2D eigenvalue weighted by Gasteiger charge is 2.35. The van der Waals surface area contributed by atoms with Crippen molar-refractivity contribution in [2.75, 3.05) is 11.9 Å². The molecule has 33 heavy (non-hydrogen) atoms. The molecule has 7 nitrogen and oxygen atoms in total. The Hall–Kier alpha value is -3.49. The Labute approximate surface area is 197 Å². The van der Waals surface area contributed by atoms with Crippen LogP contribution in [0, 0.1) is 0 Å². The molecule has 0 fully saturated rings. The Kier molecular flexibility index (Phi) is 5.26. The number of esters is 1. The number of halogens is 1. The molecule has 3 heterocycles. The molecule has 166 valence electrons. The molecule has 9 heteroatoms. The SMILES string of the molecule is CCOC(=O)C1=C(C)N=c2s/c(=C3/C(=O)Nc4ccccc43)c(=O)n2C1c1ccc(Cl)cc1. The predicted octanol–water partition coefficient (Wildman–Crippen LogP) is 2.77. The molecule has 0 radical (unpaired) electrons. The number of carbonyl (C=O) groups excluding carboxylic acids is 2. The van der Waals surface area contributed by atoms with Gasteiger partial charge in [0.15, 0.2) is 4.80 Å². The predicted molar refractivity (Wildman–Crippen MR) is 126 cm³/mol. The molecule has 1 amide bonds. The van der Waals surface area contributed by atoms with E-state index in [1.807, 2.05) is 12.1 Å². The second kappa shape index (κ2) is 8.13. The third-order valence-electron chi connectivity index (χ3n) is 5.58. The normalized spacial score (nSPS) is 18.4. The van der Waals surface area contributed by atoms with Crippen molar-refractivity contribution < 1.29 is 14.3 Å². The highest BCUT2D eigenvalue weighted by molar-refractivity contribution is 7.07. The third-order valence-corrected chi connectivity index (χ3v) is 6.88. The third kappa shape index (κ3) is 3.42. The minimum absolute atomic E-state index is 0.189. The van der Waals surface area contributed by atoms with Crippen molar-refractivity contribution in [2.24, 2.45) is 4.99 Å². The Morgan fingerprint density at radius 3 is 2.64 bits per heavy atom. The van der Waals surface area contributed by atoms with Crippen LogP contribution in [0.4, 0.5) is 5.69 Å². The number of carbonyl (C=O) groups is 2. The monoisotopic (exact) mass is 479 g/mol. The highest BCUT2D eigenvalue weighted by Crippen LogP contribution is 2.32. The van der Waals surface area contributed by atoms with Crippen LogP contribution >= 0.6 is 22.9 Å². The number of nitrogens with zero attached hydrogens (tertiary/aromatic N) is 2. The molecule has 0 saturated heterocycles. The summed E-state index contributed by atoms with van der Waals surface area (Å²) in [7, 11) is 0. The standard InChI is InChI=1S/C24H18ClN3O4S/c1-3-32-23(31)17-12(2)26-24-28(19(17)13-8-10-14(25)11-9-13)22(30)20(33-24)18-15-6-4-5-7-16(15)27-21(18)29/h4-11,19H,3H2,1-2H3,(H,27,29)/b20-18+. The molecule has 3 aromatic rings. The molecule has 0 saturated carbocycles. The number of benzene rings is 2. The zero-order chi connectivity index (χ0) is 23.3. The first-order chi connectivity index (χ1) is 15.9. The van der Waals surface area contributed by atoms with Crippen LogP contribution in [0.15, 0.2) is 69.6 Å². The molecule has 2 aliphatic rings. The van der Waals surface area contributed by atoms with Crippen molar-refractivity contribution in [3.63, 3.8) is 0 Å². The van der Waals surface area contributed by atoms with Crippen LogP contribution in [0.3, 0.4) is 0 Å². The van der Waals surface area contributed by atoms with Gasteiger partial charge in [0.1, 0.15) is 4.53 Å². The Bertz CT molecular complexity index is 1530. The Morgan fingerprint density at radius 1 is 1.18 bits per heavy atom. The second-order valence-corrected chi connectivity index (χ2v) is 8.96. The van der Waals surface area contributed by atoms with Gasteiger partial charge in [0.05, 0.1) is 29.5 Å². The fourth-order valence-electron chi connectivity index (χ4n) is 4.15. The fraction of sp³-hybridized carbons (Fsp3) is 0.167. The molecule has 2 aromatic carbocycles. The summed E-state index contributed by atoms with van der Waals surface area (Å²) < 4.78 is 7.02. The van der Waals surface area contributed by atoms with Crippen molar-refractivity contribution in [2.45, 2.75) is 19.9 Å². The number of thiazole rings is 1. The molecular weight excluding hydrogens is 462 g/mol. The van der Waals surface area contributed by atoms with Gasteiger partial charge in [-0.3, -0.25) is 14.2 Å². The lowest BCUT2D eigenvalue weighted by Crippen LogP contribution is -2.40. The van der Waals surface area contributed by atoms with Crippen molar-refractivity contribution >= 4 is 46.1 Å². The first-order valence-corrected chi connectivity index (χ1v) is 11.5. The van der Waals surface area contributed by atoms with E-state index < -0.39 is 17.6 Å². The van der Waals surface area contributed by atoms with Gasteiger partial charge in [-0.1, -0.05) is 53.3 Å². The summed E-state index contributed by atoms with van der Waals surface area (Å²) in [6.45, 7) is 3.62. The molecule has 1 unspecified atom stereocenters. The number of ether oxygens (including phenoxy) is 1.